The second kappa shape index (κ2) is 5.57. The van der Waals surface area contributed by atoms with Gasteiger partial charge in [0.1, 0.15) is 16.8 Å². The molecule has 4 N–H and O–H groups in total. The standard InChI is InChI=1S/C14H13ClFN5/c15-12-6-13(21-14(17)20-12)18-4-3-8-7-19-11-5-9(16)1-2-10(8)11/h1-2,5-7,19H,3-4H2,(H3,17,18,20,21). The van der Waals surface area contributed by atoms with E-state index in [-0.39, 0.29) is 11.8 Å². The molecule has 0 aliphatic rings. The summed E-state index contributed by atoms with van der Waals surface area (Å²) < 4.78 is 13.1. The third kappa shape index (κ3) is 3.05. The molecule has 0 bridgehead atoms. The molecule has 2 aromatic heterocycles. The topological polar surface area (TPSA) is 79.6 Å². The molecule has 0 aliphatic carbocycles. The second-order valence-electron chi connectivity index (χ2n) is 4.61. The lowest BCUT2D eigenvalue weighted by Gasteiger charge is -2.06. The lowest BCUT2D eigenvalue weighted by Crippen LogP contribution is -2.07. The van der Waals surface area contributed by atoms with Crippen LogP contribution in [-0.4, -0.2) is 21.5 Å². The molecule has 0 saturated heterocycles. The second-order valence-corrected chi connectivity index (χ2v) is 5.00. The number of nitrogens with one attached hydrogen (secondary N) is 2. The van der Waals surface area contributed by atoms with E-state index in [0.29, 0.717) is 17.5 Å². The Morgan fingerprint density at radius 3 is 2.95 bits per heavy atom. The van der Waals surface area contributed by atoms with Crippen molar-refractivity contribution in [2.24, 2.45) is 0 Å². The van der Waals surface area contributed by atoms with Crippen molar-refractivity contribution in [2.45, 2.75) is 6.42 Å². The van der Waals surface area contributed by atoms with Crippen molar-refractivity contribution >= 4 is 34.3 Å². The van der Waals surface area contributed by atoms with Gasteiger partial charge in [-0.15, -0.1) is 0 Å². The summed E-state index contributed by atoms with van der Waals surface area (Å²) >= 11 is 5.81. The highest BCUT2D eigenvalue weighted by Gasteiger charge is 2.05. The first kappa shape index (κ1) is 13.6. The number of rotatable bonds is 4. The van der Waals surface area contributed by atoms with E-state index in [9.17, 15) is 4.39 Å². The third-order valence-corrected chi connectivity index (χ3v) is 3.34. The predicted molar refractivity (Wildman–Crippen MR) is 81.9 cm³/mol. The molecule has 3 aromatic rings. The molecule has 0 amide bonds. The van der Waals surface area contributed by atoms with Crippen LogP contribution in [0.25, 0.3) is 10.9 Å². The molecular weight excluding hydrogens is 293 g/mol. The molecule has 0 unspecified atom stereocenters. The fourth-order valence-electron chi connectivity index (χ4n) is 2.22. The minimum absolute atomic E-state index is 0.132. The first-order valence-electron chi connectivity index (χ1n) is 6.41. The maximum Gasteiger partial charge on any atom is 0.223 e. The number of aromatic amines is 1. The highest BCUT2D eigenvalue weighted by atomic mass is 35.5. The first-order valence-corrected chi connectivity index (χ1v) is 6.79. The number of aromatic nitrogens is 3. The summed E-state index contributed by atoms with van der Waals surface area (Å²) in [6.45, 7) is 0.650. The van der Waals surface area contributed by atoms with Gasteiger partial charge in [-0.2, -0.15) is 4.98 Å². The molecule has 5 nitrogen and oxygen atoms in total. The summed E-state index contributed by atoms with van der Waals surface area (Å²) in [5, 5.41) is 4.45. The minimum Gasteiger partial charge on any atom is -0.370 e. The Morgan fingerprint density at radius 2 is 2.14 bits per heavy atom. The van der Waals surface area contributed by atoms with Gasteiger partial charge < -0.3 is 16.0 Å². The van der Waals surface area contributed by atoms with E-state index in [1.54, 1.807) is 12.1 Å². The lowest BCUT2D eigenvalue weighted by atomic mass is 10.1. The van der Waals surface area contributed by atoms with Crippen LogP contribution in [0.5, 0.6) is 0 Å². The summed E-state index contributed by atoms with van der Waals surface area (Å²) in [4.78, 5) is 10.9. The summed E-state index contributed by atoms with van der Waals surface area (Å²) in [6.07, 6.45) is 2.64. The molecule has 3 rings (SSSR count). The highest BCUT2D eigenvalue weighted by Crippen LogP contribution is 2.20. The van der Waals surface area contributed by atoms with Gasteiger partial charge in [-0.3, -0.25) is 0 Å². The lowest BCUT2D eigenvalue weighted by molar-refractivity contribution is 0.629. The summed E-state index contributed by atoms with van der Waals surface area (Å²) in [6, 6.07) is 6.33. The van der Waals surface area contributed by atoms with Crippen LogP contribution in [0.3, 0.4) is 0 Å². The zero-order valence-electron chi connectivity index (χ0n) is 11.0. The smallest absolute Gasteiger partial charge is 0.223 e. The average Bonchev–Trinajstić information content (AvgIpc) is 2.80. The Morgan fingerprint density at radius 1 is 1.29 bits per heavy atom. The normalized spacial score (nSPS) is 11.0. The number of hydrogen-bond donors (Lipinski definition) is 3. The number of benzene rings is 1. The molecule has 1 aromatic carbocycles. The van der Waals surface area contributed by atoms with Crippen LogP contribution in [0.15, 0.2) is 30.5 Å². The Labute approximate surface area is 125 Å². The number of anilines is 2. The van der Waals surface area contributed by atoms with Crippen LogP contribution in [-0.2, 0) is 6.42 Å². The maximum atomic E-state index is 13.1. The van der Waals surface area contributed by atoms with Crippen molar-refractivity contribution in [3.8, 4) is 0 Å². The Bertz CT molecular complexity index is 766. The van der Waals surface area contributed by atoms with Crippen molar-refractivity contribution in [2.75, 3.05) is 17.6 Å². The highest BCUT2D eigenvalue weighted by molar-refractivity contribution is 6.29. The number of nitrogens with zero attached hydrogens (tertiary/aromatic N) is 2. The van der Waals surface area contributed by atoms with Crippen molar-refractivity contribution < 1.29 is 4.39 Å². The molecule has 108 valence electrons. The fourth-order valence-corrected chi connectivity index (χ4v) is 2.41. The summed E-state index contributed by atoms with van der Waals surface area (Å²) in [5.74, 6) is 0.464. The number of halogens is 2. The molecule has 2 heterocycles. The van der Waals surface area contributed by atoms with E-state index in [4.69, 9.17) is 17.3 Å². The largest absolute Gasteiger partial charge is 0.370 e. The summed E-state index contributed by atoms with van der Waals surface area (Å²) in [5.41, 5.74) is 7.42. The number of nitrogen functional groups attached to an aromatic ring is 1. The molecule has 0 fully saturated rings. The third-order valence-electron chi connectivity index (χ3n) is 3.14. The Hall–Kier alpha value is -2.34. The fraction of sp³-hybridized carbons (Fsp3) is 0.143. The van der Waals surface area contributed by atoms with Gasteiger partial charge in [-0.25, -0.2) is 9.37 Å². The SMILES string of the molecule is Nc1nc(Cl)cc(NCCc2c[nH]c3cc(F)ccc23)n1. The van der Waals surface area contributed by atoms with Gasteiger partial charge in [0, 0.05) is 29.7 Å². The van der Waals surface area contributed by atoms with E-state index >= 15 is 0 Å². The number of fused-ring (bicyclic) bond motifs is 1. The average molecular weight is 306 g/mol. The number of H-pyrrole nitrogens is 1. The maximum absolute atomic E-state index is 13.1. The van der Waals surface area contributed by atoms with Gasteiger partial charge in [-0.05, 0) is 30.2 Å². The van der Waals surface area contributed by atoms with Gasteiger partial charge in [0.15, 0.2) is 0 Å². The quantitative estimate of drug-likeness (QED) is 0.647. The molecule has 0 aliphatic heterocycles. The van der Waals surface area contributed by atoms with Gasteiger partial charge >= 0.3 is 0 Å². The van der Waals surface area contributed by atoms with Crippen molar-refractivity contribution in [3.63, 3.8) is 0 Å². The van der Waals surface area contributed by atoms with Crippen molar-refractivity contribution in [1.29, 1.82) is 0 Å². The van der Waals surface area contributed by atoms with Crippen molar-refractivity contribution in [1.82, 2.24) is 15.0 Å². The van der Waals surface area contributed by atoms with E-state index < -0.39 is 0 Å². The molecule has 21 heavy (non-hydrogen) atoms. The molecule has 7 heteroatoms. The molecular formula is C14H13ClFN5. The van der Waals surface area contributed by atoms with Crippen LogP contribution in [0.4, 0.5) is 16.2 Å². The Kier molecular flexibility index (Phi) is 3.62. The van der Waals surface area contributed by atoms with E-state index in [1.165, 1.54) is 12.1 Å². The zero-order valence-corrected chi connectivity index (χ0v) is 11.8. The monoisotopic (exact) mass is 305 g/mol. The predicted octanol–water partition coefficient (Wildman–Crippen LogP) is 2.99. The van der Waals surface area contributed by atoms with Crippen LogP contribution in [0, 0.1) is 5.82 Å². The van der Waals surface area contributed by atoms with E-state index in [0.717, 1.165) is 22.9 Å². The van der Waals surface area contributed by atoms with E-state index in [1.807, 2.05) is 6.20 Å². The molecule has 0 radical (unpaired) electrons. The van der Waals surface area contributed by atoms with Crippen LogP contribution in [0.1, 0.15) is 5.56 Å². The Balaban J connectivity index is 1.69. The molecule has 0 atom stereocenters. The van der Waals surface area contributed by atoms with Gasteiger partial charge in [0.2, 0.25) is 5.95 Å². The van der Waals surface area contributed by atoms with Gasteiger partial charge in [-0.1, -0.05) is 11.6 Å². The number of hydrogen-bond acceptors (Lipinski definition) is 4. The van der Waals surface area contributed by atoms with E-state index in [2.05, 4.69) is 20.3 Å². The minimum atomic E-state index is -0.250. The zero-order chi connectivity index (χ0) is 14.8. The first-order chi connectivity index (χ1) is 10.1. The molecule has 0 spiro atoms. The summed E-state index contributed by atoms with van der Waals surface area (Å²) in [7, 11) is 0. The van der Waals surface area contributed by atoms with Crippen LogP contribution >= 0.6 is 11.6 Å². The van der Waals surface area contributed by atoms with Crippen LogP contribution < -0.4 is 11.1 Å². The van der Waals surface area contributed by atoms with Crippen molar-refractivity contribution in [3.05, 3.63) is 47.0 Å². The molecule has 0 saturated carbocycles. The van der Waals surface area contributed by atoms with Gasteiger partial charge in [0.25, 0.3) is 0 Å². The number of nitrogens with two attached hydrogens (primary N) is 1. The van der Waals surface area contributed by atoms with Gasteiger partial charge in [0.05, 0.1) is 0 Å². The van der Waals surface area contributed by atoms with Crippen LogP contribution in [0.2, 0.25) is 5.15 Å².